The second-order valence-electron chi connectivity index (χ2n) is 5.68. The van der Waals surface area contributed by atoms with Gasteiger partial charge in [-0.15, -0.1) is 0 Å². The molecule has 0 aliphatic heterocycles. The first-order chi connectivity index (χ1) is 11.5. The maximum absolute atomic E-state index is 12.3. The minimum atomic E-state index is -0.385. The smallest absolute Gasteiger partial charge is 0.251 e. The predicted octanol–water partition coefficient (Wildman–Crippen LogP) is 3.77. The van der Waals surface area contributed by atoms with Crippen LogP contribution in [0.2, 0.25) is 5.02 Å². The van der Waals surface area contributed by atoms with Crippen LogP contribution in [0.4, 0.5) is 0 Å². The van der Waals surface area contributed by atoms with Crippen molar-refractivity contribution in [2.24, 2.45) is 5.73 Å². The van der Waals surface area contributed by atoms with E-state index in [0.717, 1.165) is 12.8 Å². The van der Waals surface area contributed by atoms with E-state index in [9.17, 15) is 4.79 Å². The lowest BCUT2D eigenvalue weighted by Gasteiger charge is -2.26. The van der Waals surface area contributed by atoms with Crippen LogP contribution in [0, 0.1) is 0 Å². The van der Waals surface area contributed by atoms with Crippen LogP contribution in [0.5, 0.6) is 11.5 Å². The standard InChI is InChI=1S/C18H22ClN3O2/c1-3-18(20,4-2)12-22-17(23)13-5-6-16(15(19)11-13)24-14-7-9-21-10-8-14/h5-11H,3-4,12,20H2,1-2H3,(H,22,23). The van der Waals surface area contributed by atoms with Crippen molar-refractivity contribution < 1.29 is 9.53 Å². The van der Waals surface area contributed by atoms with Gasteiger partial charge in [-0.05, 0) is 43.2 Å². The van der Waals surface area contributed by atoms with Crippen LogP contribution in [0.3, 0.4) is 0 Å². The summed E-state index contributed by atoms with van der Waals surface area (Å²) in [5.74, 6) is 0.904. The van der Waals surface area contributed by atoms with Gasteiger partial charge in [-0.1, -0.05) is 25.4 Å². The molecule has 128 valence electrons. The fraction of sp³-hybridized carbons (Fsp3) is 0.333. The van der Waals surface area contributed by atoms with Crippen LogP contribution in [0.1, 0.15) is 37.0 Å². The van der Waals surface area contributed by atoms with Crippen LogP contribution in [-0.2, 0) is 0 Å². The molecule has 0 radical (unpaired) electrons. The largest absolute Gasteiger partial charge is 0.456 e. The van der Waals surface area contributed by atoms with E-state index < -0.39 is 0 Å². The highest BCUT2D eigenvalue weighted by Crippen LogP contribution is 2.29. The number of carbonyl (C=O) groups is 1. The zero-order valence-electron chi connectivity index (χ0n) is 13.9. The third-order valence-corrected chi connectivity index (χ3v) is 4.38. The Kier molecular flexibility index (Phi) is 6.17. The summed E-state index contributed by atoms with van der Waals surface area (Å²) in [6, 6.07) is 8.39. The molecule has 0 bridgehead atoms. The number of aromatic nitrogens is 1. The third kappa shape index (κ3) is 4.69. The first kappa shape index (κ1) is 18.2. The van der Waals surface area contributed by atoms with Crippen molar-refractivity contribution in [2.45, 2.75) is 32.2 Å². The molecule has 1 aromatic carbocycles. The highest BCUT2D eigenvalue weighted by atomic mass is 35.5. The molecule has 0 aliphatic carbocycles. The summed E-state index contributed by atoms with van der Waals surface area (Å²) < 4.78 is 5.67. The molecule has 2 aromatic rings. The monoisotopic (exact) mass is 347 g/mol. The van der Waals surface area contributed by atoms with Crippen molar-refractivity contribution in [3.8, 4) is 11.5 Å². The molecule has 1 heterocycles. The summed E-state index contributed by atoms with van der Waals surface area (Å²) in [6.07, 6.45) is 4.85. The van der Waals surface area contributed by atoms with Crippen LogP contribution >= 0.6 is 11.6 Å². The van der Waals surface area contributed by atoms with Crippen molar-refractivity contribution in [3.63, 3.8) is 0 Å². The number of rotatable bonds is 7. The lowest BCUT2D eigenvalue weighted by atomic mass is 9.94. The van der Waals surface area contributed by atoms with Crippen molar-refractivity contribution in [3.05, 3.63) is 53.3 Å². The van der Waals surface area contributed by atoms with Gasteiger partial charge in [0.25, 0.3) is 5.91 Å². The Morgan fingerprint density at radius 3 is 2.50 bits per heavy atom. The Bertz CT molecular complexity index is 688. The molecule has 0 fully saturated rings. The summed E-state index contributed by atoms with van der Waals surface area (Å²) in [5, 5.41) is 3.23. The molecule has 0 saturated carbocycles. The predicted molar refractivity (Wildman–Crippen MR) is 95.6 cm³/mol. The molecule has 24 heavy (non-hydrogen) atoms. The number of amides is 1. The maximum atomic E-state index is 12.3. The van der Waals surface area contributed by atoms with E-state index in [1.54, 1.807) is 42.7 Å². The van der Waals surface area contributed by atoms with Crippen molar-refractivity contribution >= 4 is 17.5 Å². The van der Waals surface area contributed by atoms with Crippen LogP contribution in [0.15, 0.2) is 42.7 Å². The molecule has 0 spiro atoms. The number of nitrogens with two attached hydrogens (primary N) is 1. The Labute approximate surface area is 147 Å². The second-order valence-corrected chi connectivity index (χ2v) is 6.09. The average Bonchev–Trinajstić information content (AvgIpc) is 2.62. The van der Waals surface area contributed by atoms with Gasteiger partial charge in [0.2, 0.25) is 0 Å². The van der Waals surface area contributed by atoms with E-state index in [1.807, 2.05) is 13.8 Å². The molecule has 0 atom stereocenters. The van der Waals surface area contributed by atoms with Crippen LogP contribution < -0.4 is 15.8 Å². The Balaban J connectivity index is 2.04. The molecule has 3 N–H and O–H groups in total. The van der Waals surface area contributed by atoms with E-state index in [4.69, 9.17) is 22.1 Å². The number of carbonyl (C=O) groups excluding carboxylic acids is 1. The van der Waals surface area contributed by atoms with Crippen LogP contribution in [-0.4, -0.2) is 23.0 Å². The molecular formula is C18H22ClN3O2. The van der Waals surface area contributed by atoms with Crippen molar-refractivity contribution in [1.29, 1.82) is 0 Å². The first-order valence-corrected chi connectivity index (χ1v) is 8.29. The topological polar surface area (TPSA) is 77.2 Å². The summed E-state index contributed by atoms with van der Waals surface area (Å²) in [5.41, 5.74) is 6.28. The van der Waals surface area contributed by atoms with Gasteiger partial charge in [0.05, 0.1) is 5.02 Å². The van der Waals surface area contributed by atoms with Gasteiger partial charge in [0, 0.05) is 30.0 Å². The lowest BCUT2D eigenvalue weighted by Crippen LogP contribution is -2.49. The molecule has 1 aromatic heterocycles. The highest BCUT2D eigenvalue weighted by molar-refractivity contribution is 6.32. The number of hydrogen-bond donors (Lipinski definition) is 2. The van der Waals surface area contributed by atoms with Crippen molar-refractivity contribution in [1.82, 2.24) is 10.3 Å². The van der Waals surface area contributed by atoms with E-state index in [0.29, 0.717) is 28.6 Å². The van der Waals surface area contributed by atoms with Gasteiger partial charge in [-0.2, -0.15) is 0 Å². The van der Waals surface area contributed by atoms with Crippen LogP contribution in [0.25, 0.3) is 0 Å². The molecule has 6 heteroatoms. The molecule has 0 saturated heterocycles. The number of hydrogen-bond acceptors (Lipinski definition) is 4. The van der Waals surface area contributed by atoms with E-state index in [2.05, 4.69) is 10.3 Å². The molecule has 2 rings (SSSR count). The van der Waals surface area contributed by atoms with Gasteiger partial charge in [0.1, 0.15) is 11.5 Å². The summed E-state index contributed by atoms with van der Waals surface area (Å²) in [4.78, 5) is 16.2. The summed E-state index contributed by atoms with van der Waals surface area (Å²) in [6.45, 7) is 4.45. The number of benzene rings is 1. The highest BCUT2D eigenvalue weighted by Gasteiger charge is 2.21. The molecule has 0 unspecified atom stereocenters. The number of ether oxygens (including phenoxy) is 1. The third-order valence-electron chi connectivity index (χ3n) is 4.08. The van der Waals surface area contributed by atoms with Gasteiger partial charge < -0.3 is 15.8 Å². The Hall–Kier alpha value is -2.11. The Morgan fingerprint density at radius 1 is 1.25 bits per heavy atom. The van der Waals surface area contributed by atoms with E-state index in [1.165, 1.54) is 0 Å². The minimum Gasteiger partial charge on any atom is -0.456 e. The number of nitrogens with one attached hydrogen (secondary N) is 1. The van der Waals surface area contributed by atoms with E-state index >= 15 is 0 Å². The van der Waals surface area contributed by atoms with Gasteiger partial charge in [-0.25, -0.2) is 0 Å². The van der Waals surface area contributed by atoms with Gasteiger partial charge in [-0.3, -0.25) is 9.78 Å². The summed E-state index contributed by atoms with van der Waals surface area (Å²) in [7, 11) is 0. The van der Waals surface area contributed by atoms with Gasteiger partial charge >= 0.3 is 0 Å². The number of halogens is 1. The zero-order chi connectivity index (χ0) is 17.6. The van der Waals surface area contributed by atoms with Gasteiger partial charge in [0.15, 0.2) is 0 Å². The average molecular weight is 348 g/mol. The number of nitrogens with zero attached hydrogens (tertiary/aromatic N) is 1. The summed E-state index contributed by atoms with van der Waals surface area (Å²) >= 11 is 6.22. The maximum Gasteiger partial charge on any atom is 0.251 e. The van der Waals surface area contributed by atoms with E-state index in [-0.39, 0.29) is 11.4 Å². The second kappa shape index (κ2) is 8.13. The fourth-order valence-electron chi connectivity index (χ4n) is 2.12. The minimum absolute atomic E-state index is 0.205. The molecule has 0 aliphatic rings. The first-order valence-electron chi connectivity index (χ1n) is 7.92. The fourth-order valence-corrected chi connectivity index (χ4v) is 2.34. The lowest BCUT2D eigenvalue weighted by molar-refractivity contribution is 0.0942. The van der Waals surface area contributed by atoms with Crippen molar-refractivity contribution in [2.75, 3.05) is 6.54 Å². The normalized spacial score (nSPS) is 11.2. The molecule has 5 nitrogen and oxygen atoms in total. The zero-order valence-corrected chi connectivity index (χ0v) is 14.6. The number of pyridine rings is 1. The molecule has 1 amide bonds. The quantitative estimate of drug-likeness (QED) is 0.799. The Morgan fingerprint density at radius 2 is 1.92 bits per heavy atom. The SMILES string of the molecule is CCC(N)(CC)CNC(=O)c1ccc(Oc2ccncc2)c(Cl)c1. The molecular weight excluding hydrogens is 326 g/mol.